The molecule has 2 rings (SSSR count). The highest BCUT2D eigenvalue weighted by molar-refractivity contribution is 6.33. The molecular weight excluding hydrogens is 244 g/mol. The monoisotopic (exact) mass is 256 g/mol. The molecular formula is C11H13ClN2O3. The highest BCUT2D eigenvalue weighted by atomic mass is 35.5. The molecule has 92 valence electrons. The van der Waals surface area contributed by atoms with Crippen molar-refractivity contribution >= 4 is 23.0 Å². The Labute approximate surface area is 104 Å². The molecule has 1 N–H and O–H groups in total. The summed E-state index contributed by atoms with van der Waals surface area (Å²) in [6.07, 6.45) is 1.14. The van der Waals surface area contributed by atoms with E-state index in [1.807, 2.05) is 4.90 Å². The number of anilines is 1. The number of rotatable bonds is 2. The maximum Gasteiger partial charge on any atom is 0.310 e. The van der Waals surface area contributed by atoms with Crippen LogP contribution in [-0.2, 0) is 0 Å². The van der Waals surface area contributed by atoms with Crippen molar-refractivity contribution in [2.75, 3.05) is 18.0 Å². The van der Waals surface area contributed by atoms with Crippen LogP contribution >= 0.6 is 11.6 Å². The van der Waals surface area contributed by atoms with Gasteiger partial charge in [-0.2, -0.15) is 0 Å². The summed E-state index contributed by atoms with van der Waals surface area (Å²) in [5.41, 5.74) is 0.407. The van der Waals surface area contributed by atoms with E-state index in [2.05, 4.69) is 0 Å². The van der Waals surface area contributed by atoms with Crippen molar-refractivity contribution in [3.8, 4) is 0 Å². The third-order valence-corrected chi connectivity index (χ3v) is 3.19. The Bertz CT molecular complexity index is 439. The van der Waals surface area contributed by atoms with Gasteiger partial charge in [0.2, 0.25) is 0 Å². The summed E-state index contributed by atoms with van der Waals surface area (Å²) in [6.45, 7) is 1.12. The van der Waals surface area contributed by atoms with Gasteiger partial charge in [0, 0.05) is 13.1 Å². The average Bonchev–Trinajstić information content (AvgIpc) is 2.28. The Morgan fingerprint density at radius 3 is 2.94 bits per heavy atom. The van der Waals surface area contributed by atoms with Crippen molar-refractivity contribution in [1.82, 2.24) is 0 Å². The van der Waals surface area contributed by atoms with Gasteiger partial charge in [0.25, 0.3) is 0 Å². The van der Waals surface area contributed by atoms with Gasteiger partial charge in [0.05, 0.1) is 11.0 Å². The topological polar surface area (TPSA) is 66.6 Å². The molecule has 1 unspecified atom stereocenters. The molecule has 0 aliphatic carbocycles. The highest BCUT2D eigenvalue weighted by Gasteiger charge is 2.26. The molecule has 0 saturated carbocycles. The maximum absolute atomic E-state index is 11.0. The first-order chi connectivity index (χ1) is 8.09. The summed E-state index contributed by atoms with van der Waals surface area (Å²) in [6, 6.07) is 4.86. The number of nitro benzene ring substituents is 1. The van der Waals surface area contributed by atoms with Crippen LogP contribution in [0.4, 0.5) is 11.4 Å². The third-order valence-electron chi connectivity index (χ3n) is 2.89. The summed E-state index contributed by atoms with van der Waals surface area (Å²) in [7, 11) is 0. The third kappa shape index (κ3) is 2.50. The zero-order chi connectivity index (χ0) is 12.4. The summed E-state index contributed by atoms with van der Waals surface area (Å²) >= 11 is 5.85. The number of nitrogens with zero attached hydrogens (tertiary/aromatic N) is 2. The summed E-state index contributed by atoms with van der Waals surface area (Å²) in [5.74, 6) is 0. The van der Waals surface area contributed by atoms with E-state index in [0.717, 1.165) is 12.8 Å². The van der Waals surface area contributed by atoms with Gasteiger partial charge >= 0.3 is 5.69 Å². The first kappa shape index (κ1) is 12.1. The van der Waals surface area contributed by atoms with Crippen LogP contribution < -0.4 is 4.90 Å². The smallest absolute Gasteiger partial charge is 0.310 e. The Morgan fingerprint density at radius 1 is 1.53 bits per heavy atom. The second-order valence-electron chi connectivity index (χ2n) is 4.11. The van der Waals surface area contributed by atoms with Crippen molar-refractivity contribution in [3.05, 3.63) is 33.3 Å². The molecule has 0 amide bonds. The van der Waals surface area contributed by atoms with Gasteiger partial charge in [0.15, 0.2) is 0 Å². The van der Waals surface area contributed by atoms with Gasteiger partial charge in [-0.3, -0.25) is 10.1 Å². The van der Waals surface area contributed by atoms with Crippen molar-refractivity contribution < 1.29 is 10.0 Å². The number of piperidine rings is 1. The standard InChI is InChI=1S/C11H13ClN2O3/c12-9-4-1-5-10(11(9)14(16)17)13-6-2-3-8(15)7-13/h1,4-5,8,15H,2-3,6-7H2. The molecule has 17 heavy (non-hydrogen) atoms. The van der Waals surface area contributed by atoms with E-state index in [9.17, 15) is 15.2 Å². The second-order valence-corrected chi connectivity index (χ2v) is 4.51. The Morgan fingerprint density at radius 2 is 2.29 bits per heavy atom. The molecule has 1 aromatic rings. The van der Waals surface area contributed by atoms with Crippen LogP contribution in [0.25, 0.3) is 0 Å². The molecule has 0 bridgehead atoms. The van der Waals surface area contributed by atoms with Gasteiger partial charge in [-0.25, -0.2) is 0 Å². The fourth-order valence-electron chi connectivity index (χ4n) is 2.11. The van der Waals surface area contributed by atoms with Gasteiger partial charge in [-0.15, -0.1) is 0 Å². The summed E-state index contributed by atoms with van der Waals surface area (Å²) < 4.78 is 0. The summed E-state index contributed by atoms with van der Waals surface area (Å²) in [5, 5.41) is 20.7. The predicted molar refractivity (Wildman–Crippen MR) is 65.6 cm³/mol. The van der Waals surface area contributed by atoms with E-state index in [0.29, 0.717) is 18.8 Å². The minimum Gasteiger partial charge on any atom is -0.391 e. The van der Waals surface area contributed by atoms with Crippen LogP contribution in [-0.4, -0.2) is 29.2 Å². The fraction of sp³-hybridized carbons (Fsp3) is 0.455. The lowest BCUT2D eigenvalue weighted by Gasteiger charge is -2.31. The fourth-order valence-corrected chi connectivity index (χ4v) is 2.35. The van der Waals surface area contributed by atoms with Crippen LogP contribution in [0.1, 0.15) is 12.8 Å². The Kier molecular flexibility index (Phi) is 3.49. The zero-order valence-electron chi connectivity index (χ0n) is 9.17. The molecule has 0 aromatic heterocycles. The van der Waals surface area contributed by atoms with Crippen LogP contribution in [0.3, 0.4) is 0 Å². The number of aliphatic hydroxyl groups excluding tert-OH is 1. The zero-order valence-corrected chi connectivity index (χ0v) is 9.93. The van der Waals surface area contributed by atoms with Crippen LogP contribution in [0, 0.1) is 10.1 Å². The maximum atomic E-state index is 11.0. The van der Waals surface area contributed by atoms with E-state index >= 15 is 0 Å². The molecule has 1 aromatic carbocycles. The Hall–Kier alpha value is -1.33. The summed E-state index contributed by atoms with van der Waals surface area (Å²) in [4.78, 5) is 12.3. The largest absolute Gasteiger partial charge is 0.391 e. The Balaban J connectivity index is 2.37. The first-order valence-corrected chi connectivity index (χ1v) is 5.83. The minimum absolute atomic E-state index is 0.0803. The average molecular weight is 257 g/mol. The lowest BCUT2D eigenvalue weighted by atomic mass is 10.1. The molecule has 6 heteroatoms. The van der Waals surface area contributed by atoms with Gasteiger partial charge in [-0.05, 0) is 25.0 Å². The highest BCUT2D eigenvalue weighted by Crippen LogP contribution is 2.36. The number of benzene rings is 1. The molecule has 1 atom stereocenters. The van der Waals surface area contributed by atoms with Crippen LogP contribution in [0.15, 0.2) is 18.2 Å². The molecule has 0 radical (unpaired) electrons. The molecule has 1 saturated heterocycles. The van der Waals surface area contributed by atoms with Gasteiger partial charge < -0.3 is 10.0 Å². The molecule has 5 nitrogen and oxygen atoms in total. The molecule has 1 heterocycles. The lowest BCUT2D eigenvalue weighted by molar-refractivity contribution is -0.384. The number of para-hydroxylation sites is 1. The van der Waals surface area contributed by atoms with Gasteiger partial charge in [-0.1, -0.05) is 17.7 Å². The quantitative estimate of drug-likeness (QED) is 0.651. The van der Waals surface area contributed by atoms with Crippen molar-refractivity contribution in [2.24, 2.45) is 0 Å². The number of halogens is 1. The van der Waals surface area contributed by atoms with Crippen molar-refractivity contribution in [1.29, 1.82) is 0 Å². The molecule has 1 fully saturated rings. The van der Waals surface area contributed by atoms with E-state index in [-0.39, 0.29) is 10.7 Å². The predicted octanol–water partition coefficient (Wildman–Crippen LogP) is 2.21. The molecule has 1 aliphatic rings. The molecule has 0 spiro atoms. The number of β-amino-alcohol motifs (C(OH)–C–C–N with tert-alkyl or cyclic N) is 1. The van der Waals surface area contributed by atoms with Crippen molar-refractivity contribution in [2.45, 2.75) is 18.9 Å². The van der Waals surface area contributed by atoms with E-state index in [4.69, 9.17) is 11.6 Å². The minimum atomic E-state index is -0.474. The SMILES string of the molecule is O=[N+]([O-])c1c(Cl)cccc1N1CCCC(O)C1. The van der Waals surface area contributed by atoms with E-state index in [1.165, 1.54) is 6.07 Å². The van der Waals surface area contributed by atoms with Crippen molar-refractivity contribution in [3.63, 3.8) is 0 Å². The number of hydrogen-bond acceptors (Lipinski definition) is 4. The number of nitro groups is 1. The normalized spacial score (nSPS) is 20.4. The lowest BCUT2D eigenvalue weighted by Crippen LogP contribution is -2.38. The number of hydrogen-bond donors (Lipinski definition) is 1. The number of aliphatic hydroxyl groups is 1. The van der Waals surface area contributed by atoms with Gasteiger partial charge in [0.1, 0.15) is 10.7 Å². The van der Waals surface area contributed by atoms with E-state index in [1.54, 1.807) is 12.1 Å². The van der Waals surface area contributed by atoms with E-state index < -0.39 is 11.0 Å². The van der Waals surface area contributed by atoms with Crippen LogP contribution in [0.2, 0.25) is 5.02 Å². The first-order valence-electron chi connectivity index (χ1n) is 5.45. The molecule has 1 aliphatic heterocycles. The second kappa shape index (κ2) is 4.89. The van der Waals surface area contributed by atoms with Crippen LogP contribution in [0.5, 0.6) is 0 Å².